The second-order valence-corrected chi connectivity index (χ2v) is 3.96. The van der Waals surface area contributed by atoms with E-state index in [-0.39, 0.29) is 11.7 Å². The van der Waals surface area contributed by atoms with Crippen molar-refractivity contribution in [3.8, 4) is 0 Å². The molecule has 0 radical (unpaired) electrons. The minimum absolute atomic E-state index is 0.314. The molecule has 0 bridgehead atoms. The zero-order valence-electron chi connectivity index (χ0n) is 9.72. The fourth-order valence-corrected chi connectivity index (χ4v) is 1.76. The number of nitrogens with one attached hydrogen (secondary N) is 2. The molecule has 2 heterocycles. The lowest BCUT2D eigenvalue weighted by Crippen LogP contribution is -2.12. The number of carbonyl (C=O) groups excluding carboxylic acids is 1. The quantitative estimate of drug-likeness (QED) is 0.739. The van der Waals surface area contributed by atoms with Crippen molar-refractivity contribution in [2.24, 2.45) is 0 Å². The molecule has 3 aromatic rings. The van der Waals surface area contributed by atoms with Gasteiger partial charge in [0.1, 0.15) is 5.82 Å². The third-order valence-electron chi connectivity index (χ3n) is 2.68. The number of anilines is 1. The number of benzene rings is 1. The van der Waals surface area contributed by atoms with Crippen LogP contribution in [-0.2, 0) is 0 Å². The van der Waals surface area contributed by atoms with Crippen LogP contribution in [0, 0.1) is 5.82 Å². The molecule has 3 rings (SSSR count). The van der Waals surface area contributed by atoms with E-state index in [4.69, 9.17) is 0 Å². The number of hydrogen-bond donors (Lipinski definition) is 2. The third-order valence-corrected chi connectivity index (χ3v) is 2.68. The summed E-state index contributed by atoms with van der Waals surface area (Å²) in [4.78, 5) is 15.8. The van der Waals surface area contributed by atoms with Gasteiger partial charge in [-0.1, -0.05) is 0 Å². The zero-order chi connectivity index (χ0) is 13.2. The lowest BCUT2D eigenvalue weighted by Gasteiger charge is -2.01. The zero-order valence-corrected chi connectivity index (χ0v) is 9.72. The highest BCUT2D eigenvalue weighted by Crippen LogP contribution is 2.21. The SMILES string of the molecule is O=C(Nc1n[nH]c2cc(F)ccc12)c1cccnc1. The Balaban J connectivity index is 1.92. The van der Waals surface area contributed by atoms with Gasteiger partial charge < -0.3 is 5.32 Å². The number of nitrogens with zero attached hydrogens (tertiary/aromatic N) is 2. The maximum atomic E-state index is 13.0. The van der Waals surface area contributed by atoms with Crippen molar-refractivity contribution >= 4 is 22.6 Å². The van der Waals surface area contributed by atoms with Gasteiger partial charge >= 0.3 is 0 Å². The summed E-state index contributed by atoms with van der Waals surface area (Å²) in [6.07, 6.45) is 3.05. The first-order valence-electron chi connectivity index (χ1n) is 5.59. The summed E-state index contributed by atoms with van der Waals surface area (Å²) in [6, 6.07) is 7.52. The van der Waals surface area contributed by atoms with E-state index >= 15 is 0 Å². The highest BCUT2D eigenvalue weighted by molar-refractivity contribution is 6.07. The molecule has 0 aliphatic rings. The highest BCUT2D eigenvalue weighted by atomic mass is 19.1. The first-order valence-corrected chi connectivity index (χ1v) is 5.59. The fraction of sp³-hybridized carbons (Fsp3) is 0. The Hall–Kier alpha value is -2.76. The van der Waals surface area contributed by atoms with Crippen molar-refractivity contribution in [1.82, 2.24) is 15.2 Å². The van der Waals surface area contributed by atoms with E-state index in [0.29, 0.717) is 22.3 Å². The number of H-pyrrole nitrogens is 1. The van der Waals surface area contributed by atoms with Crippen molar-refractivity contribution in [1.29, 1.82) is 0 Å². The van der Waals surface area contributed by atoms with Gasteiger partial charge in [-0.2, -0.15) is 5.10 Å². The van der Waals surface area contributed by atoms with Crippen molar-refractivity contribution in [2.75, 3.05) is 5.32 Å². The molecule has 0 aliphatic heterocycles. The first-order chi connectivity index (χ1) is 9.24. The number of halogens is 1. The molecule has 1 aromatic carbocycles. The normalized spacial score (nSPS) is 10.6. The Bertz CT molecular complexity index is 739. The molecule has 2 aromatic heterocycles. The highest BCUT2D eigenvalue weighted by Gasteiger charge is 2.11. The number of carbonyl (C=O) groups is 1. The van der Waals surface area contributed by atoms with Gasteiger partial charge in [0.2, 0.25) is 0 Å². The molecule has 2 N–H and O–H groups in total. The van der Waals surface area contributed by atoms with Crippen LogP contribution < -0.4 is 5.32 Å². The van der Waals surface area contributed by atoms with Crippen LogP contribution >= 0.6 is 0 Å². The predicted molar refractivity (Wildman–Crippen MR) is 68.2 cm³/mol. The Morgan fingerprint density at radius 2 is 2.21 bits per heavy atom. The van der Waals surface area contributed by atoms with Gasteiger partial charge in [-0.25, -0.2) is 4.39 Å². The smallest absolute Gasteiger partial charge is 0.258 e. The van der Waals surface area contributed by atoms with Crippen molar-refractivity contribution < 1.29 is 9.18 Å². The van der Waals surface area contributed by atoms with Crippen LogP contribution in [0.15, 0.2) is 42.7 Å². The number of rotatable bonds is 2. The monoisotopic (exact) mass is 256 g/mol. The van der Waals surface area contributed by atoms with E-state index in [1.807, 2.05) is 0 Å². The van der Waals surface area contributed by atoms with Gasteiger partial charge in [-0.3, -0.25) is 14.9 Å². The molecule has 6 heteroatoms. The Morgan fingerprint density at radius 3 is 3.00 bits per heavy atom. The van der Waals surface area contributed by atoms with Crippen LogP contribution in [0.25, 0.3) is 10.9 Å². The molecular weight excluding hydrogens is 247 g/mol. The van der Waals surface area contributed by atoms with E-state index in [9.17, 15) is 9.18 Å². The summed E-state index contributed by atoms with van der Waals surface area (Å²) in [7, 11) is 0. The van der Waals surface area contributed by atoms with Gasteiger partial charge in [0.05, 0.1) is 11.1 Å². The number of hydrogen-bond acceptors (Lipinski definition) is 3. The lowest BCUT2D eigenvalue weighted by molar-refractivity contribution is 0.102. The molecule has 0 atom stereocenters. The van der Waals surface area contributed by atoms with Crippen LogP contribution in [0.4, 0.5) is 10.2 Å². The van der Waals surface area contributed by atoms with Crippen LogP contribution in [0.1, 0.15) is 10.4 Å². The molecular formula is C13H9FN4O. The van der Waals surface area contributed by atoms with E-state index in [1.54, 1.807) is 24.4 Å². The minimum Gasteiger partial charge on any atom is -0.305 e. The molecule has 0 aliphatic carbocycles. The van der Waals surface area contributed by atoms with E-state index in [1.165, 1.54) is 18.3 Å². The third kappa shape index (κ3) is 2.15. The van der Waals surface area contributed by atoms with Gasteiger partial charge in [0.25, 0.3) is 5.91 Å². The molecule has 0 fully saturated rings. The average Bonchev–Trinajstić information content (AvgIpc) is 2.82. The maximum absolute atomic E-state index is 13.0. The number of aromatic amines is 1. The molecule has 94 valence electrons. The van der Waals surface area contributed by atoms with Crippen LogP contribution in [-0.4, -0.2) is 21.1 Å². The van der Waals surface area contributed by atoms with Crippen LogP contribution in [0.2, 0.25) is 0 Å². The van der Waals surface area contributed by atoms with E-state index < -0.39 is 0 Å². The van der Waals surface area contributed by atoms with Crippen molar-refractivity contribution in [3.05, 3.63) is 54.1 Å². The fourth-order valence-electron chi connectivity index (χ4n) is 1.76. The number of pyridine rings is 1. The maximum Gasteiger partial charge on any atom is 0.258 e. The lowest BCUT2D eigenvalue weighted by atomic mass is 10.2. The Labute approximate surface area is 107 Å². The largest absolute Gasteiger partial charge is 0.305 e. The Morgan fingerprint density at radius 1 is 1.32 bits per heavy atom. The van der Waals surface area contributed by atoms with Gasteiger partial charge in [0, 0.05) is 17.8 Å². The van der Waals surface area contributed by atoms with Crippen LogP contribution in [0.3, 0.4) is 0 Å². The second kappa shape index (κ2) is 4.49. The average molecular weight is 256 g/mol. The molecule has 0 saturated carbocycles. The topological polar surface area (TPSA) is 70.7 Å². The van der Waals surface area contributed by atoms with Crippen molar-refractivity contribution in [3.63, 3.8) is 0 Å². The predicted octanol–water partition coefficient (Wildman–Crippen LogP) is 2.35. The van der Waals surface area contributed by atoms with E-state index in [0.717, 1.165) is 0 Å². The minimum atomic E-state index is -0.360. The molecule has 0 unspecified atom stereocenters. The summed E-state index contributed by atoms with van der Waals surface area (Å²) >= 11 is 0. The summed E-state index contributed by atoms with van der Waals surface area (Å²) in [5, 5.41) is 9.93. The summed E-state index contributed by atoms with van der Waals surface area (Å²) in [5.74, 6) is -0.309. The van der Waals surface area contributed by atoms with Gasteiger partial charge in [-0.05, 0) is 30.3 Å². The standard InChI is InChI=1S/C13H9FN4O/c14-9-3-4-10-11(6-9)17-18-12(10)16-13(19)8-2-1-5-15-7-8/h1-7H,(H2,16,17,18,19). The summed E-state index contributed by atoms with van der Waals surface area (Å²) in [5.41, 5.74) is 0.960. The number of fused-ring (bicyclic) bond motifs is 1. The molecule has 0 saturated heterocycles. The Kier molecular flexibility index (Phi) is 2.68. The van der Waals surface area contributed by atoms with Crippen LogP contribution in [0.5, 0.6) is 0 Å². The van der Waals surface area contributed by atoms with Crippen molar-refractivity contribution in [2.45, 2.75) is 0 Å². The summed E-state index contributed by atoms with van der Waals surface area (Å²) < 4.78 is 13.0. The molecule has 19 heavy (non-hydrogen) atoms. The molecule has 0 spiro atoms. The number of aromatic nitrogens is 3. The van der Waals surface area contributed by atoms with Gasteiger partial charge in [-0.15, -0.1) is 0 Å². The number of amides is 1. The van der Waals surface area contributed by atoms with E-state index in [2.05, 4.69) is 20.5 Å². The molecule has 1 amide bonds. The molecule has 5 nitrogen and oxygen atoms in total. The summed E-state index contributed by atoms with van der Waals surface area (Å²) in [6.45, 7) is 0. The second-order valence-electron chi connectivity index (χ2n) is 3.96. The first kappa shape index (κ1) is 11.3. The van der Waals surface area contributed by atoms with Gasteiger partial charge in [0.15, 0.2) is 5.82 Å².